The minimum atomic E-state index is -1.62. The number of nitriles is 1. The highest BCUT2D eigenvalue weighted by molar-refractivity contribution is 7.44. The molecule has 2 aromatic heterocycles. The Labute approximate surface area is 346 Å². The third-order valence-corrected chi connectivity index (χ3v) is 12.0. The van der Waals surface area contributed by atoms with Crippen LogP contribution in [0.2, 0.25) is 0 Å². The second kappa shape index (κ2) is 21.9. The molecular formula is C42H57N8O8P. The first-order chi connectivity index (χ1) is 28.4. The summed E-state index contributed by atoms with van der Waals surface area (Å²) in [5.41, 5.74) is 2.49. The minimum Gasteiger partial charge on any atom is -0.447 e. The standard InChI is InChI=1S/C42H57N8O8P/c1-29(2)50(30(3)4)59(55-24-14-21-43)58-34-25-36(49-28-48-37-38(49)46-27-47-39(37)51)56-35(34)26-54-40(52)44-22-12-7-8-13-23-45-41(53)57-42(5,6)33-19-17-32(18-20-33)31-15-10-9-11-16-31/h9-11,15-20,27-30,34-36H,7-8,12-14,22-26H2,1-6H3,(H,44,52)(H,45,53)(H,46,47,51)/t34-,35+,36+,59?/m1/s1. The molecule has 0 aliphatic carbocycles. The third-order valence-electron chi connectivity index (χ3n) is 9.80. The third kappa shape index (κ3) is 12.8. The number of carbonyl (C=O) groups excluding carboxylic acids is 2. The molecule has 4 aromatic rings. The van der Waals surface area contributed by atoms with Gasteiger partial charge in [-0.1, -0.05) is 67.4 Å². The molecule has 0 saturated carbocycles. The average molecular weight is 833 g/mol. The number of H-pyrrole nitrogens is 1. The Kier molecular flexibility index (Phi) is 16.8. The van der Waals surface area contributed by atoms with Crippen LogP contribution in [0.1, 0.15) is 91.9 Å². The summed E-state index contributed by atoms with van der Waals surface area (Å²) in [6.07, 6.45) is 3.63. The summed E-state index contributed by atoms with van der Waals surface area (Å²) < 4.78 is 34.4. The molecule has 1 unspecified atom stereocenters. The summed E-state index contributed by atoms with van der Waals surface area (Å²) in [6.45, 7) is 12.9. The van der Waals surface area contributed by atoms with Crippen molar-refractivity contribution in [2.45, 2.75) is 116 Å². The van der Waals surface area contributed by atoms with Gasteiger partial charge in [0.05, 0.1) is 37.9 Å². The molecule has 17 heteroatoms. The Morgan fingerprint density at radius 2 is 1.64 bits per heavy atom. The number of benzene rings is 2. The van der Waals surface area contributed by atoms with E-state index in [1.54, 1.807) is 4.57 Å². The van der Waals surface area contributed by atoms with E-state index in [-0.39, 0.29) is 42.8 Å². The number of carbonyl (C=O) groups is 2. The van der Waals surface area contributed by atoms with Crippen LogP contribution in [-0.4, -0.2) is 87.0 Å². The van der Waals surface area contributed by atoms with E-state index >= 15 is 0 Å². The lowest BCUT2D eigenvalue weighted by Gasteiger charge is -2.37. The molecule has 0 bridgehead atoms. The highest BCUT2D eigenvalue weighted by Gasteiger charge is 2.42. The first kappa shape index (κ1) is 45.2. The van der Waals surface area contributed by atoms with E-state index in [1.807, 2.05) is 56.3 Å². The van der Waals surface area contributed by atoms with Crippen LogP contribution < -0.4 is 16.2 Å². The number of hydrogen-bond donors (Lipinski definition) is 3. The number of amides is 2. The molecule has 1 aliphatic rings. The fourth-order valence-corrected chi connectivity index (χ4v) is 8.59. The van der Waals surface area contributed by atoms with Gasteiger partial charge in [0.2, 0.25) is 0 Å². The maximum atomic E-state index is 12.8. The Bertz CT molecular complexity index is 2030. The zero-order chi connectivity index (χ0) is 42.4. The second-order valence-corrected chi connectivity index (χ2v) is 16.7. The van der Waals surface area contributed by atoms with Crippen molar-refractivity contribution in [2.75, 3.05) is 26.3 Å². The number of aromatic amines is 1. The van der Waals surface area contributed by atoms with E-state index < -0.39 is 44.7 Å². The normalized spacial score (nSPS) is 17.3. The van der Waals surface area contributed by atoms with Gasteiger partial charge >= 0.3 is 12.2 Å². The highest BCUT2D eigenvalue weighted by atomic mass is 31.2. The predicted octanol–water partition coefficient (Wildman–Crippen LogP) is 7.68. The van der Waals surface area contributed by atoms with Crippen LogP contribution in [0.3, 0.4) is 0 Å². The Balaban J connectivity index is 1.05. The largest absolute Gasteiger partial charge is 0.447 e. The molecule has 1 saturated heterocycles. The van der Waals surface area contributed by atoms with Gasteiger partial charge in [0.15, 0.2) is 11.2 Å². The fourth-order valence-electron chi connectivity index (χ4n) is 6.83. The van der Waals surface area contributed by atoms with E-state index in [0.717, 1.165) is 42.4 Å². The lowest BCUT2D eigenvalue weighted by atomic mass is 9.95. The van der Waals surface area contributed by atoms with Gasteiger partial charge in [-0.3, -0.25) is 9.36 Å². The number of alkyl carbamates (subject to hydrolysis) is 2. The predicted molar refractivity (Wildman–Crippen MR) is 224 cm³/mol. The quantitative estimate of drug-likeness (QED) is 0.0548. The molecule has 4 atom stereocenters. The van der Waals surface area contributed by atoms with Gasteiger partial charge in [-0.15, -0.1) is 0 Å². The highest BCUT2D eigenvalue weighted by Crippen LogP contribution is 2.50. The number of nitrogens with one attached hydrogen (secondary N) is 3. The average Bonchev–Trinajstić information content (AvgIpc) is 3.83. The molecule has 59 heavy (non-hydrogen) atoms. The molecular weight excluding hydrogens is 775 g/mol. The zero-order valence-electron chi connectivity index (χ0n) is 34.8. The van der Waals surface area contributed by atoms with E-state index in [2.05, 4.69) is 76.2 Å². The van der Waals surface area contributed by atoms with Crippen molar-refractivity contribution in [1.29, 1.82) is 5.26 Å². The van der Waals surface area contributed by atoms with E-state index in [0.29, 0.717) is 25.2 Å². The number of nitrogens with zero attached hydrogens (tertiary/aromatic N) is 5. The number of ether oxygens (including phenoxy) is 3. The molecule has 0 radical (unpaired) electrons. The SMILES string of the molecule is CC(C)N(C(C)C)P(OCCC#N)O[C@@H]1C[C@@H](n2cnc3c(=O)[nH]cnc32)O[C@H]1COC(=O)NCCCCCCNC(=O)OC(C)(C)c1ccc(-c2ccccc2)cc1. The lowest BCUT2D eigenvalue weighted by molar-refractivity contribution is -0.0443. The van der Waals surface area contributed by atoms with Crippen molar-refractivity contribution in [3.8, 4) is 17.2 Å². The zero-order valence-corrected chi connectivity index (χ0v) is 35.7. The van der Waals surface area contributed by atoms with Crippen LogP contribution in [0.25, 0.3) is 22.3 Å². The van der Waals surface area contributed by atoms with Crippen LogP contribution in [-0.2, 0) is 28.9 Å². The summed E-state index contributed by atoms with van der Waals surface area (Å²) in [5.74, 6) is 0. The van der Waals surface area contributed by atoms with E-state index in [1.165, 1.54) is 12.7 Å². The van der Waals surface area contributed by atoms with Crippen molar-refractivity contribution < 1.29 is 32.8 Å². The summed E-state index contributed by atoms with van der Waals surface area (Å²) >= 11 is 0. The summed E-state index contributed by atoms with van der Waals surface area (Å²) in [4.78, 5) is 48.8. The summed E-state index contributed by atoms with van der Waals surface area (Å²) in [6, 6.07) is 20.4. The topological polar surface area (TPSA) is 195 Å². The van der Waals surface area contributed by atoms with E-state index in [4.69, 9.17) is 28.5 Å². The molecule has 1 aliphatic heterocycles. The molecule has 2 amide bonds. The van der Waals surface area contributed by atoms with Crippen molar-refractivity contribution in [1.82, 2.24) is 34.8 Å². The van der Waals surface area contributed by atoms with Crippen LogP contribution in [0.4, 0.5) is 9.59 Å². The van der Waals surface area contributed by atoms with Gasteiger partial charge in [0, 0.05) is 31.6 Å². The molecule has 3 N–H and O–H groups in total. The van der Waals surface area contributed by atoms with Crippen molar-refractivity contribution in [2.24, 2.45) is 0 Å². The number of unbranched alkanes of at least 4 members (excludes halogenated alkanes) is 3. The number of aromatic nitrogens is 4. The number of imidazole rings is 1. The Hall–Kier alpha value is -4.91. The number of rotatable bonds is 21. The molecule has 5 rings (SSSR count). The number of hydrogen-bond acceptors (Lipinski definition) is 12. The van der Waals surface area contributed by atoms with E-state index in [9.17, 15) is 14.4 Å². The molecule has 318 valence electrons. The van der Waals surface area contributed by atoms with Gasteiger partial charge in [0.1, 0.15) is 24.5 Å². The summed E-state index contributed by atoms with van der Waals surface area (Å²) in [7, 11) is -1.62. The van der Waals surface area contributed by atoms with Gasteiger partial charge in [0.25, 0.3) is 14.1 Å². The van der Waals surface area contributed by atoms with Crippen molar-refractivity contribution in [3.63, 3.8) is 0 Å². The van der Waals surface area contributed by atoms with Crippen LogP contribution >= 0.6 is 8.53 Å². The first-order valence-corrected chi connectivity index (χ1v) is 21.3. The van der Waals surface area contributed by atoms with Gasteiger partial charge < -0.3 is 38.9 Å². The maximum absolute atomic E-state index is 12.8. The van der Waals surface area contributed by atoms with Crippen LogP contribution in [0.15, 0.2) is 72.0 Å². The molecule has 2 aromatic carbocycles. The maximum Gasteiger partial charge on any atom is 0.408 e. The smallest absolute Gasteiger partial charge is 0.408 e. The van der Waals surface area contributed by atoms with Crippen LogP contribution in [0, 0.1) is 11.3 Å². The van der Waals surface area contributed by atoms with Crippen molar-refractivity contribution in [3.05, 3.63) is 83.2 Å². The van der Waals surface area contributed by atoms with Gasteiger partial charge in [-0.05, 0) is 71.1 Å². The van der Waals surface area contributed by atoms with Crippen molar-refractivity contribution >= 4 is 31.9 Å². The number of fused-ring (bicyclic) bond motifs is 1. The minimum absolute atomic E-state index is 0.0791. The van der Waals surface area contributed by atoms with Crippen LogP contribution in [0.5, 0.6) is 0 Å². The monoisotopic (exact) mass is 832 g/mol. The summed E-state index contributed by atoms with van der Waals surface area (Å²) in [5, 5.41) is 14.8. The molecule has 0 spiro atoms. The first-order valence-electron chi connectivity index (χ1n) is 20.2. The molecule has 1 fully saturated rings. The lowest BCUT2D eigenvalue weighted by Crippen LogP contribution is -2.37. The molecule has 16 nitrogen and oxygen atoms in total. The Morgan fingerprint density at radius 1 is 0.983 bits per heavy atom. The Morgan fingerprint density at radius 3 is 2.31 bits per heavy atom. The molecule has 3 heterocycles. The fraction of sp³-hybridized carbons (Fsp3) is 0.524. The van der Waals surface area contributed by atoms with Gasteiger partial charge in [-0.2, -0.15) is 5.26 Å². The second-order valence-electron chi connectivity index (χ2n) is 15.3. The van der Waals surface area contributed by atoms with Gasteiger partial charge in [-0.25, -0.2) is 24.2 Å².